The van der Waals surface area contributed by atoms with E-state index in [-0.39, 0.29) is 5.54 Å². The fraction of sp³-hybridized carbons (Fsp3) is 0.562. The first kappa shape index (κ1) is 14.9. The van der Waals surface area contributed by atoms with Crippen LogP contribution in [0.2, 0.25) is 0 Å². The molecular formula is C16H26N4. The van der Waals surface area contributed by atoms with Gasteiger partial charge in [-0.15, -0.1) is 0 Å². The second kappa shape index (κ2) is 6.27. The Labute approximate surface area is 122 Å². The number of aliphatic imine (C=N–C) groups is 1. The van der Waals surface area contributed by atoms with E-state index in [4.69, 9.17) is 5.73 Å². The quantitative estimate of drug-likeness (QED) is 0.856. The van der Waals surface area contributed by atoms with E-state index < -0.39 is 0 Å². The van der Waals surface area contributed by atoms with Gasteiger partial charge >= 0.3 is 0 Å². The molecule has 110 valence electrons. The molecule has 2 N–H and O–H groups in total. The summed E-state index contributed by atoms with van der Waals surface area (Å²) in [5.41, 5.74) is 7.53. The van der Waals surface area contributed by atoms with Crippen LogP contribution in [0.1, 0.15) is 18.9 Å². The van der Waals surface area contributed by atoms with Crippen LogP contribution in [0.15, 0.2) is 35.3 Å². The van der Waals surface area contributed by atoms with Gasteiger partial charge < -0.3 is 15.5 Å². The van der Waals surface area contributed by atoms with Gasteiger partial charge in [-0.2, -0.15) is 0 Å². The highest BCUT2D eigenvalue weighted by Gasteiger charge is 2.40. The molecule has 2 rings (SSSR count). The third-order valence-corrected chi connectivity index (χ3v) is 4.19. The summed E-state index contributed by atoms with van der Waals surface area (Å²) in [5.74, 6) is 0.699. The standard InChI is InChI=1S/C16H26N4/c1-4-16(12-14-8-6-5-7-9-14)13-18-15(17)20(16)11-10-19(2)3/h5-9H,4,10-13H2,1-3H3,(H2,17,18). The predicted molar refractivity (Wildman–Crippen MR) is 84.9 cm³/mol. The molecule has 0 spiro atoms. The second-order valence-corrected chi connectivity index (χ2v) is 5.87. The highest BCUT2D eigenvalue weighted by Crippen LogP contribution is 2.29. The first-order valence-electron chi connectivity index (χ1n) is 7.33. The number of benzene rings is 1. The van der Waals surface area contributed by atoms with Gasteiger partial charge in [-0.05, 0) is 32.5 Å². The molecule has 1 aromatic rings. The maximum absolute atomic E-state index is 6.13. The van der Waals surface area contributed by atoms with Crippen LogP contribution in [-0.2, 0) is 6.42 Å². The summed E-state index contributed by atoms with van der Waals surface area (Å²) in [7, 11) is 4.18. The van der Waals surface area contributed by atoms with Crippen LogP contribution >= 0.6 is 0 Å². The van der Waals surface area contributed by atoms with Gasteiger partial charge in [0.25, 0.3) is 0 Å². The molecule has 1 atom stereocenters. The lowest BCUT2D eigenvalue weighted by molar-refractivity contribution is 0.177. The summed E-state index contributed by atoms with van der Waals surface area (Å²) in [5, 5.41) is 0. The SMILES string of the molecule is CCC1(Cc2ccccc2)CN=C(N)N1CCN(C)C. The molecule has 4 nitrogen and oxygen atoms in total. The molecule has 0 saturated heterocycles. The Morgan fingerprint density at radius 2 is 2.00 bits per heavy atom. The smallest absolute Gasteiger partial charge is 0.191 e. The molecule has 0 saturated carbocycles. The molecule has 4 heteroatoms. The van der Waals surface area contributed by atoms with E-state index in [0.29, 0.717) is 5.96 Å². The molecule has 1 aliphatic heterocycles. The van der Waals surface area contributed by atoms with Crippen LogP contribution in [0.3, 0.4) is 0 Å². The Kier molecular flexibility index (Phi) is 4.65. The van der Waals surface area contributed by atoms with Gasteiger partial charge in [0, 0.05) is 13.1 Å². The number of likely N-dealkylation sites (N-methyl/N-ethyl adjacent to an activating group) is 1. The molecule has 0 aromatic heterocycles. The maximum Gasteiger partial charge on any atom is 0.191 e. The summed E-state index contributed by atoms with van der Waals surface area (Å²) >= 11 is 0. The highest BCUT2D eigenvalue weighted by molar-refractivity contribution is 5.81. The minimum Gasteiger partial charge on any atom is -0.370 e. The summed E-state index contributed by atoms with van der Waals surface area (Å²) in [6, 6.07) is 10.6. The molecule has 1 aromatic carbocycles. The Morgan fingerprint density at radius 1 is 1.30 bits per heavy atom. The fourth-order valence-corrected chi connectivity index (χ4v) is 2.85. The van der Waals surface area contributed by atoms with E-state index in [2.05, 4.69) is 66.1 Å². The summed E-state index contributed by atoms with van der Waals surface area (Å²) < 4.78 is 0. The zero-order valence-corrected chi connectivity index (χ0v) is 12.8. The zero-order valence-electron chi connectivity index (χ0n) is 12.8. The molecule has 0 bridgehead atoms. The minimum absolute atomic E-state index is 0.0431. The number of rotatable bonds is 6. The van der Waals surface area contributed by atoms with Gasteiger partial charge in [-0.25, -0.2) is 0 Å². The minimum atomic E-state index is 0.0431. The Bertz CT molecular complexity index is 455. The lowest BCUT2D eigenvalue weighted by Gasteiger charge is -2.39. The van der Waals surface area contributed by atoms with E-state index in [0.717, 1.165) is 32.5 Å². The topological polar surface area (TPSA) is 44.9 Å². The van der Waals surface area contributed by atoms with Crippen molar-refractivity contribution >= 4 is 5.96 Å². The number of guanidine groups is 1. The first-order valence-corrected chi connectivity index (χ1v) is 7.33. The summed E-state index contributed by atoms with van der Waals surface area (Å²) in [6.45, 7) is 4.97. The maximum atomic E-state index is 6.13. The van der Waals surface area contributed by atoms with Crippen LogP contribution in [0, 0.1) is 0 Å². The lowest BCUT2D eigenvalue weighted by Crippen LogP contribution is -2.54. The van der Waals surface area contributed by atoms with Crippen molar-refractivity contribution in [1.82, 2.24) is 9.80 Å². The summed E-state index contributed by atoms with van der Waals surface area (Å²) in [6.07, 6.45) is 2.06. The summed E-state index contributed by atoms with van der Waals surface area (Å²) in [4.78, 5) is 9.01. The van der Waals surface area contributed by atoms with Crippen LogP contribution in [0.5, 0.6) is 0 Å². The number of hydrogen-bond acceptors (Lipinski definition) is 4. The van der Waals surface area contributed by atoms with Crippen molar-refractivity contribution in [2.24, 2.45) is 10.7 Å². The Balaban J connectivity index is 2.15. The highest BCUT2D eigenvalue weighted by atomic mass is 15.4. The van der Waals surface area contributed by atoms with Gasteiger partial charge in [-0.1, -0.05) is 37.3 Å². The predicted octanol–water partition coefficient (Wildman–Crippen LogP) is 1.57. The monoisotopic (exact) mass is 274 g/mol. The average Bonchev–Trinajstić information content (AvgIpc) is 2.75. The van der Waals surface area contributed by atoms with Gasteiger partial charge in [0.05, 0.1) is 12.1 Å². The van der Waals surface area contributed by atoms with Crippen molar-refractivity contribution in [1.29, 1.82) is 0 Å². The van der Waals surface area contributed by atoms with Crippen molar-refractivity contribution in [3.8, 4) is 0 Å². The number of nitrogens with two attached hydrogens (primary N) is 1. The van der Waals surface area contributed by atoms with Gasteiger partial charge in [0.15, 0.2) is 5.96 Å². The van der Waals surface area contributed by atoms with Crippen molar-refractivity contribution in [3.63, 3.8) is 0 Å². The molecular weight excluding hydrogens is 248 g/mol. The van der Waals surface area contributed by atoms with Crippen molar-refractivity contribution < 1.29 is 0 Å². The zero-order chi connectivity index (χ0) is 14.6. The lowest BCUT2D eigenvalue weighted by atomic mass is 9.87. The molecule has 1 heterocycles. The third kappa shape index (κ3) is 3.12. The first-order chi connectivity index (χ1) is 9.57. The molecule has 0 aliphatic carbocycles. The third-order valence-electron chi connectivity index (χ3n) is 4.19. The molecule has 20 heavy (non-hydrogen) atoms. The second-order valence-electron chi connectivity index (χ2n) is 5.87. The van der Waals surface area contributed by atoms with Crippen molar-refractivity contribution in [3.05, 3.63) is 35.9 Å². The van der Waals surface area contributed by atoms with Crippen LogP contribution in [0.25, 0.3) is 0 Å². The molecule has 0 fully saturated rings. The van der Waals surface area contributed by atoms with Crippen molar-refractivity contribution in [2.75, 3.05) is 33.7 Å². The van der Waals surface area contributed by atoms with Gasteiger partial charge in [0.1, 0.15) is 0 Å². The average molecular weight is 274 g/mol. The van der Waals surface area contributed by atoms with E-state index in [9.17, 15) is 0 Å². The van der Waals surface area contributed by atoms with E-state index in [1.54, 1.807) is 0 Å². The van der Waals surface area contributed by atoms with Crippen LogP contribution in [0.4, 0.5) is 0 Å². The van der Waals surface area contributed by atoms with E-state index in [1.807, 2.05) is 0 Å². The van der Waals surface area contributed by atoms with Crippen LogP contribution in [-0.4, -0.2) is 55.0 Å². The Morgan fingerprint density at radius 3 is 2.60 bits per heavy atom. The molecule has 0 radical (unpaired) electrons. The van der Waals surface area contributed by atoms with Gasteiger partial charge in [0.2, 0.25) is 0 Å². The van der Waals surface area contributed by atoms with E-state index >= 15 is 0 Å². The fourth-order valence-electron chi connectivity index (χ4n) is 2.85. The number of nitrogens with zero attached hydrogens (tertiary/aromatic N) is 3. The number of hydrogen-bond donors (Lipinski definition) is 1. The van der Waals surface area contributed by atoms with Crippen molar-refractivity contribution in [2.45, 2.75) is 25.3 Å². The van der Waals surface area contributed by atoms with Crippen LogP contribution < -0.4 is 5.73 Å². The molecule has 0 amide bonds. The van der Waals surface area contributed by atoms with Gasteiger partial charge in [-0.3, -0.25) is 4.99 Å². The molecule has 1 unspecified atom stereocenters. The van der Waals surface area contributed by atoms with E-state index in [1.165, 1.54) is 5.56 Å². The normalized spacial score (nSPS) is 22.4. The Hall–Kier alpha value is -1.55. The molecule has 1 aliphatic rings. The largest absolute Gasteiger partial charge is 0.370 e.